The Morgan fingerprint density at radius 2 is 2.00 bits per heavy atom. The number of hydrogen-bond donors (Lipinski definition) is 0. The highest BCUT2D eigenvalue weighted by molar-refractivity contribution is 5.50. The molecule has 0 amide bonds. The molecule has 0 saturated carbocycles. The molecule has 0 unspecified atom stereocenters. The molecule has 0 aliphatic carbocycles. The van der Waals surface area contributed by atoms with E-state index in [2.05, 4.69) is 41.3 Å². The summed E-state index contributed by atoms with van der Waals surface area (Å²) in [7, 11) is 0. The van der Waals surface area contributed by atoms with Crippen LogP contribution in [0.1, 0.15) is 24.5 Å². The van der Waals surface area contributed by atoms with E-state index < -0.39 is 0 Å². The Hall–Kier alpha value is -2.29. The van der Waals surface area contributed by atoms with Crippen LogP contribution in [0.2, 0.25) is 0 Å². The molecule has 0 saturated heterocycles. The third-order valence-corrected chi connectivity index (χ3v) is 4.34. The average molecular weight is 311 g/mol. The maximum absolute atomic E-state index is 12.6. The van der Waals surface area contributed by atoms with Crippen molar-refractivity contribution in [3.05, 3.63) is 71.6 Å². The molecule has 2 nitrogen and oxygen atoms in total. The van der Waals surface area contributed by atoms with Crippen LogP contribution in [0.5, 0.6) is 5.75 Å². The van der Waals surface area contributed by atoms with E-state index in [1.165, 1.54) is 16.8 Å². The summed E-state index contributed by atoms with van der Waals surface area (Å²) in [5.41, 5.74) is 4.61. The highest BCUT2D eigenvalue weighted by Crippen LogP contribution is 2.27. The molecule has 0 radical (unpaired) electrons. The Morgan fingerprint density at radius 1 is 1.17 bits per heavy atom. The number of hydrogen-bond acceptors (Lipinski definition) is 2. The third-order valence-electron chi connectivity index (χ3n) is 4.34. The molecule has 0 aromatic heterocycles. The molecular weight excluding hydrogens is 289 g/mol. The van der Waals surface area contributed by atoms with E-state index in [1.807, 2.05) is 19.1 Å². The molecule has 3 heteroatoms. The highest BCUT2D eigenvalue weighted by Gasteiger charge is 2.17. The smallest absolute Gasteiger partial charge is 0.120 e. The quantitative estimate of drug-likeness (QED) is 0.779. The van der Waals surface area contributed by atoms with Crippen molar-refractivity contribution in [3.63, 3.8) is 0 Å². The molecule has 2 aromatic carbocycles. The molecule has 3 rings (SSSR count). The van der Waals surface area contributed by atoms with E-state index in [0.717, 1.165) is 25.3 Å². The van der Waals surface area contributed by atoms with Gasteiger partial charge in [-0.1, -0.05) is 31.2 Å². The van der Waals surface area contributed by atoms with Gasteiger partial charge in [0.15, 0.2) is 0 Å². The van der Waals surface area contributed by atoms with Crippen molar-refractivity contribution in [2.24, 2.45) is 0 Å². The molecular formula is C20H22FNO. The Bertz CT molecular complexity index is 681. The van der Waals surface area contributed by atoms with Gasteiger partial charge in [-0.25, -0.2) is 4.39 Å². The second-order valence-corrected chi connectivity index (χ2v) is 5.85. The molecule has 0 atom stereocenters. The van der Waals surface area contributed by atoms with Crippen molar-refractivity contribution in [3.8, 4) is 5.75 Å². The van der Waals surface area contributed by atoms with Gasteiger partial charge in [0, 0.05) is 18.8 Å². The number of rotatable bonds is 5. The number of para-hydroxylation sites is 1. The van der Waals surface area contributed by atoms with Gasteiger partial charge < -0.3 is 9.64 Å². The lowest BCUT2D eigenvalue weighted by Gasteiger charge is -2.31. The molecule has 0 spiro atoms. The predicted molar refractivity (Wildman–Crippen MR) is 92.6 cm³/mol. The first kappa shape index (κ1) is 15.6. The van der Waals surface area contributed by atoms with Gasteiger partial charge in [-0.2, -0.15) is 0 Å². The van der Waals surface area contributed by atoms with Gasteiger partial charge in [0.1, 0.15) is 12.4 Å². The summed E-state index contributed by atoms with van der Waals surface area (Å²) in [6.45, 7) is 4.18. The van der Waals surface area contributed by atoms with Gasteiger partial charge in [-0.05, 0) is 53.8 Å². The zero-order valence-corrected chi connectivity index (χ0v) is 13.5. The van der Waals surface area contributed by atoms with Crippen molar-refractivity contribution >= 4 is 5.69 Å². The molecule has 120 valence electrons. The molecule has 0 N–H and O–H groups in total. The summed E-state index contributed by atoms with van der Waals surface area (Å²) in [6.07, 6.45) is 2.32. The van der Waals surface area contributed by atoms with Gasteiger partial charge in [0.2, 0.25) is 0 Å². The van der Waals surface area contributed by atoms with Crippen molar-refractivity contribution in [1.29, 1.82) is 0 Å². The zero-order valence-electron chi connectivity index (χ0n) is 13.5. The number of fused-ring (bicyclic) bond motifs is 1. The van der Waals surface area contributed by atoms with Crippen LogP contribution < -0.4 is 9.64 Å². The normalized spacial score (nSPS) is 14.5. The monoisotopic (exact) mass is 311 g/mol. The first-order chi connectivity index (χ1) is 11.3. The van der Waals surface area contributed by atoms with Gasteiger partial charge in [-0.3, -0.25) is 0 Å². The first-order valence-corrected chi connectivity index (χ1v) is 8.13. The Kier molecular flexibility index (Phi) is 4.96. The van der Waals surface area contributed by atoms with Crippen LogP contribution in [0.4, 0.5) is 10.1 Å². The second kappa shape index (κ2) is 7.32. The van der Waals surface area contributed by atoms with Crippen LogP contribution in [0, 0.1) is 0 Å². The lowest BCUT2D eigenvalue weighted by atomic mass is 9.99. The Morgan fingerprint density at radius 3 is 2.74 bits per heavy atom. The van der Waals surface area contributed by atoms with Crippen molar-refractivity contribution in [2.45, 2.75) is 26.3 Å². The Balaban J connectivity index is 1.69. The van der Waals surface area contributed by atoms with Crippen LogP contribution in [-0.4, -0.2) is 13.2 Å². The molecule has 2 aromatic rings. The van der Waals surface area contributed by atoms with Crippen LogP contribution in [0.3, 0.4) is 0 Å². The van der Waals surface area contributed by atoms with E-state index in [1.54, 1.807) is 0 Å². The minimum Gasteiger partial charge on any atom is -0.489 e. The molecule has 0 bridgehead atoms. The summed E-state index contributed by atoms with van der Waals surface area (Å²) in [5, 5.41) is 0. The van der Waals surface area contributed by atoms with Crippen LogP contribution in [0.25, 0.3) is 0 Å². The molecule has 1 aliphatic rings. The number of nitrogens with zero attached hydrogens (tertiary/aromatic N) is 1. The lowest BCUT2D eigenvalue weighted by Crippen LogP contribution is -2.30. The van der Waals surface area contributed by atoms with Gasteiger partial charge in [0.05, 0.1) is 6.33 Å². The van der Waals surface area contributed by atoms with Gasteiger partial charge in [-0.15, -0.1) is 0 Å². The lowest BCUT2D eigenvalue weighted by molar-refractivity contribution is 0.345. The van der Waals surface area contributed by atoms with E-state index >= 15 is 0 Å². The Labute approximate surface area is 137 Å². The van der Waals surface area contributed by atoms with Crippen molar-refractivity contribution < 1.29 is 9.13 Å². The zero-order chi connectivity index (χ0) is 16.1. The third kappa shape index (κ3) is 3.73. The minimum absolute atomic E-state index is 0.321. The van der Waals surface area contributed by atoms with E-state index in [9.17, 15) is 4.39 Å². The number of halogens is 1. The van der Waals surface area contributed by atoms with Crippen LogP contribution >= 0.6 is 0 Å². The molecule has 1 heterocycles. The highest BCUT2D eigenvalue weighted by atomic mass is 19.1. The van der Waals surface area contributed by atoms with Crippen molar-refractivity contribution in [2.75, 3.05) is 18.1 Å². The predicted octanol–water partition coefficient (Wildman–Crippen LogP) is 4.89. The van der Waals surface area contributed by atoms with Crippen molar-refractivity contribution in [1.82, 2.24) is 0 Å². The van der Waals surface area contributed by atoms with E-state index in [0.29, 0.717) is 24.9 Å². The molecule has 0 fully saturated rings. The first-order valence-electron chi connectivity index (χ1n) is 8.13. The maximum Gasteiger partial charge on any atom is 0.120 e. The summed E-state index contributed by atoms with van der Waals surface area (Å²) < 4.78 is 18.3. The standard InChI is InChI=1S/C20H22FNO/c1-2-16(13-21)15-23-20-9-8-18-14-22(11-10-17(18)12-20)19-6-4-3-5-7-19/h3-9,12-13H,2,10-11,14-15H2,1H3/b16-13+. The number of ether oxygens (including phenoxy) is 1. The van der Waals surface area contributed by atoms with Gasteiger partial charge in [0.25, 0.3) is 0 Å². The largest absolute Gasteiger partial charge is 0.489 e. The number of benzene rings is 2. The summed E-state index contributed by atoms with van der Waals surface area (Å²) in [5.74, 6) is 0.824. The summed E-state index contributed by atoms with van der Waals surface area (Å²) in [4.78, 5) is 2.39. The fourth-order valence-electron chi connectivity index (χ4n) is 2.87. The number of anilines is 1. The topological polar surface area (TPSA) is 12.5 Å². The van der Waals surface area contributed by atoms with E-state index in [-0.39, 0.29) is 0 Å². The maximum atomic E-state index is 12.6. The molecule has 23 heavy (non-hydrogen) atoms. The fourth-order valence-corrected chi connectivity index (χ4v) is 2.87. The average Bonchev–Trinajstić information content (AvgIpc) is 2.63. The van der Waals surface area contributed by atoms with Gasteiger partial charge >= 0.3 is 0 Å². The second-order valence-electron chi connectivity index (χ2n) is 5.85. The minimum atomic E-state index is 0.321. The summed E-state index contributed by atoms with van der Waals surface area (Å²) in [6, 6.07) is 16.7. The summed E-state index contributed by atoms with van der Waals surface area (Å²) >= 11 is 0. The SMILES string of the molecule is CC/C(=C\F)COc1ccc2c(c1)CCN(c1ccccc1)C2. The van der Waals surface area contributed by atoms with Crippen LogP contribution in [-0.2, 0) is 13.0 Å². The fraction of sp³-hybridized carbons (Fsp3) is 0.300. The van der Waals surface area contributed by atoms with E-state index in [4.69, 9.17) is 4.74 Å². The van der Waals surface area contributed by atoms with Crippen LogP contribution in [0.15, 0.2) is 60.4 Å². The molecule has 1 aliphatic heterocycles.